The van der Waals surface area contributed by atoms with Crippen LogP contribution >= 0.6 is 0 Å². The van der Waals surface area contributed by atoms with Crippen molar-refractivity contribution < 1.29 is 4.79 Å². The minimum Gasteiger partial charge on any atom is -0.343 e. The van der Waals surface area contributed by atoms with Crippen molar-refractivity contribution in [2.45, 2.75) is 40.5 Å². The van der Waals surface area contributed by atoms with Gasteiger partial charge in [0.2, 0.25) is 11.9 Å². The predicted molar refractivity (Wildman–Crippen MR) is 103 cm³/mol. The van der Waals surface area contributed by atoms with Crippen LogP contribution in [0.1, 0.15) is 37.6 Å². The number of H-pyrrole nitrogens is 2. The lowest BCUT2D eigenvalue weighted by molar-refractivity contribution is -0.123. The number of benzene rings is 1. The van der Waals surface area contributed by atoms with Crippen LogP contribution in [0.3, 0.4) is 0 Å². The second kappa shape index (κ2) is 6.78. The molecule has 3 rings (SSSR count). The molecule has 0 aliphatic carbocycles. The largest absolute Gasteiger partial charge is 0.343 e. The molecule has 1 amide bonds. The molecule has 0 atom stereocenters. The van der Waals surface area contributed by atoms with Gasteiger partial charge in [0.05, 0.1) is 5.39 Å². The van der Waals surface area contributed by atoms with E-state index in [1.807, 2.05) is 6.07 Å². The highest BCUT2D eigenvalue weighted by molar-refractivity contribution is 5.93. The Labute approximate surface area is 152 Å². The molecule has 0 spiro atoms. The summed E-state index contributed by atoms with van der Waals surface area (Å²) in [4.78, 5) is 34.5. The number of anilines is 1. The number of carbonyl (C=O) groups excluding carboxylic acids is 1. The Hall–Kier alpha value is -2.89. The summed E-state index contributed by atoms with van der Waals surface area (Å²) in [6, 6.07) is 10.2. The minimum atomic E-state index is -0.567. The maximum absolute atomic E-state index is 12.3. The molecule has 0 saturated carbocycles. The van der Waals surface area contributed by atoms with E-state index in [0.717, 1.165) is 18.5 Å². The van der Waals surface area contributed by atoms with Crippen LogP contribution in [0, 0.1) is 12.3 Å². The summed E-state index contributed by atoms with van der Waals surface area (Å²) in [6.07, 6.45) is 1.65. The molecule has 0 aliphatic rings. The highest BCUT2D eigenvalue weighted by Gasteiger charge is 2.22. The van der Waals surface area contributed by atoms with E-state index >= 15 is 0 Å². The van der Waals surface area contributed by atoms with E-state index in [0.29, 0.717) is 11.0 Å². The second-order valence-electron chi connectivity index (χ2n) is 7.66. The Balaban J connectivity index is 1.79. The first kappa shape index (κ1) is 17.9. The number of aromatic nitrogens is 3. The van der Waals surface area contributed by atoms with Crippen molar-refractivity contribution in [1.29, 1.82) is 0 Å². The Kier molecular flexibility index (Phi) is 4.68. The van der Waals surface area contributed by atoms with E-state index in [1.165, 1.54) is 11.1 Å². The van der Waals surface area contributed by atoms with Crippen LogP contribution in [0.4, 0.5) is 5.95 Å². The molecule has 3 aromatic rings. The van der Waals surface area contributed by atoms with Crippen LogP contribution < -0.4 is 10.9 Å². The summed E-state index contributed by atoms with van der Waals surface area (Å²) in [5.74, 6) is -0.0412. The summed E-state index contributed by atoms with van der Waals surface area (Å²) in [6.45, 7) is 7.47. The second-order valence-corrected chi connectivity index (χ2v) is 7.66. The number of rotatable bonds is 4. The molecule has 0 radical (unpaired) electrons. The molecule has 6 nitrogen and oxygen atoms in total. The van der Waals surface area contributed by atoms with Gasteiger partial charge in [-0.15, -0.1) is 0 Å². The normalized spacial score (nSPS) is 11.7. The van der Waals surface area contributed by atoms with Crippen molar-refractivity contribution in [2.24, 2.45) is 5.41 Å². The monoisotopic (exact) mass is 352 g/mol. The first-order valence-electron chi connectivity index (χ1n) is 8.71. The number of nitrogens with one attached hydrogen (secondary N) is 3. The zero-order valence-corrected chi connectivity index (χ0v) is 15.6. The molecular weight excluding hydrogens is 328 g/mol. The summed E-state index contributed by atoms with van der Waals surface area (Å²) in [5.41, 5.74) is 3.07. The standard InChI is InChI=1S/C20H24N4O2/c1-12-5-7-13(8-6-12)9-10-14-11-15-16(21-14)22-19(23-17(15)25)24-18(26)20(2,3)4/h5-8,11H,9-10H2,1-4H3,(H3,21,22,23,24,25,26). The van der Waals surface area contributed by atoms with E-state index in [-0.39, 0.29) is 17.4 Å². The van der Waals surface area contributed by atoms with Crippen LogP contribution in [-0.2, 0) is 17.6 Å². The Morgan fingerprint density at radius 2 is 1.81 bits per heavy atom. The third-order valence-electron chi connectivity index (χ3n) is 4.27. The molecule has 3 N–H and O–H groups in total. The number of hydrogen-bond acceptors (Lipinski definition) is 3. The molecule has 0 fully saturated rings. The summed E-state index contributed by atoms with van der Waals surface area (Å²) in [5, 5.41) is 3.16. The molecule has 6 heteroatoms. The maximum Gasteiger partial charge on any atom is 0.261 e. The van der Waals surface area contributed by atoms with Gasteiger partial charge in [-0.1, -0.05) is 50.6 Å². The highest BCUT2D eigenvalue weighted by atomic mass is 16.2. The third kappa shape index (κ3) is 4.02. The van der Waals surface area contributed by atoms with Gasteiger partial charge >= 0.3 is 0 Å². The first-order valence-corrected chi connectivity index (χ1v) is 8.71. The predicted octanol–water partition coefficient (Wildman–Crippen LogP) is 3.33. The van der Waals surface area contributed by atoms with E-state index in [1.54, 1.807) is 20.8 Å². The van der Waals surface area contributed by atoms with Crippen LogP contribution in [0.5, 0.6) is 0 Å². The lowest BCUT2D eigenvalue weighted by Gasteiger charge is -2.16. The lowest BCUT2D eigenvalue weighted by Crippen LogP contribution is -2.29. The topological polar surface area (TPSA) is 90.6 Å². The fourth-order valence-corrected chi connectivity index (χ4v) is 2.60. The van der Waals surface area contributed by atoms with E-state index in [2.05, 4.69) is 51.5 Å². The molecule has 0 aliphatic heterocycles. The molecule has 0 saturated heterocycles. The molecule has 0 bridgehead atoms. The van der Waals surface area contributed by atoms with Crippen molar-refractivity contribution >= 4 is 22.9 Å². The van der Waals surface area contributed by atoms with Gasteiger partial charge < -0.3 is 4.98 Å². The quantitative estimate of drug-likeness (QED) is 0.673. The number of fused-ring (bicyclic) bond motifs is 1. The number of hydrogen-bond donors (Lipinski definition) is 3. The molecule has 2 heterocycles. The van der Waals surface area contributed by atoms with Crippen molar-refractivity contribution in [3.05, 3.63) is 57.5 Å². The number of aryl methyl sites for hydroxylation is 3. The molecule has 0 unspecified atom stereocenters. The van der Waals surface area contributed by atoms with E-state index < -0.39 is 5.41 Å². The molecule has 26 heavy (non-hydrogen) atoms. The van der Waals surface area contributed by atoms with Crippen molar-refractivity contribution in [3.63, 3.8) is 0 Å². The molecule has 136 valence electrons. The van der Waals surface area contributed by atoms with Gasteiger partial charge in [0, 0.05) is 11.1 Å². The fraction of sp³-hybridized carbons (Fsp3) is 0.350. The molecule has 2 aromatic heterocycles. The zero-order valence-electron chi connectivity index (χ0n) is 15.6. The third-order valence-corrected chi connectivity index (χ3v) is 4.27. The smallest absolute Gasteiger partial charge is 0.261 e. The maximum atomic E-state index is 12.3. The van der Waals surface area contributed by atoms with Gasteiger partial charge in [-0.25, -0.2) is 0 Å². The number of aromatic amines is 2. The van der Waals surface area contributed by atoms with Gasteiger partial charge in [-0.3, -0.25) is 19.9 Å². The van der Waals surface area contributed by atoms with Crippen LogP contribution in [-0.4, -0.2) is 20.9 Å². The number of amides is 1. The minimum absolute atomic E-state index is 0.161. The average Bonchev–Trinajstić information content (AvgIpc) is 2.97. The van der Waals surface area contributed by atoms with Crippen LogP contribution in [0.25, 0.3) is 11.0 Å². The van der Waals surface area contributed by atoms with Gasteiger partial charge in [0.15, 0.2) is 0 Å². The number of carbonyl (C=O) groups is 1. The highest BCUT2D eigenvalue weighted by Crippen LogP contribution is 2.17. The summed E-state index contributed by atoms with van der Waals surface area (Å²) < 4.78 is 0. The van der Waals surface area contributed by atoms with Gasteiger partial charge in [0.1, 0.15) is 5.65 Å². The summed E-state index contributed by atoms with van der Waals surface area (Å²) in [7, 11) is 0. The Morgan fingerprint density at radius 1 is 1.12 bits per heavy atom. The van der Waals surface area contributed by atoms with Crippen molar-refractivity contribution in [2.75, 3.05) is 5.32 Å². The fourth-order valence-electron chi connectivity index (χ4n) is 2.60. The molecular formula is C20H24N4O2. The van der Waals surface area contributed by atoms with Gasteiger partial charge in [-0.05, 0) is 31.4 Å². The van der Waals surface area contributed by atoms with Gasteiger partial charge in [-0.2, -0.15) is 4.98 Å². The SMILES string of the molecule is Cc1ccc(CCc2cc3c(=O)[nH]c(NC(=O)C(C)(C)C)nc3[nH]2)cc1. The molecule has 1 aromatic carbocycles. The average molecular weight is 352 g/mol. The number of nitrogens with zero attached hydrogens (tertiary/aromatic N) is 1. The zero-order chi connectivity index (χ0) is 18.9. The van der Waals surface area contributed by atoms with Crippen LogP contribution in [0.2, 0.25) is 0 Å². The van der Waals surface area contributed by atoms with E-state index in [9.17, 15) is 9.59 Å². The first-order chi connectivity index (χ1) is 12.2. The van der Waals surface area contributed by atoms with Crippen molar-refractivity contribution in [3.8, 4) is 0 Å². The van der Waals surface area contributed by atoms with Gasteiger partial charge in [0.25, 0.3) is 5.56 Å². The Bertz CT molecular complexity index is 991. The summed E-state index contributed by atoms with van der Waals surface area (Å²) >= 11 is 0. The van der Waals surface area contributed by atoms with E-state index in [4.69, 9.17) is 0 Å². The Morgan fingerprint density at radius 3 is 2.46 bits per heavy atom. The lowest BCUT2D eigenvalue weighted by atomic mass is 9.96. The van der Waals surface area contributed by atoms with Crippen LogP contribution in [0.15, 0.2) is 35.1 Å². The van der Waals surface area contributed by atoms with Crippen molar-refractivity contribution in [1.82, 2.24) is 15.0 Å².